The predicted molar refractivity (Wildman–Crippen MR) is 60.6 cm³/mol. The third kappa shape index (κ3) is 2.38. The van der Waals surface area contributed by atoms with Gasteiger partial charge in [0.2, 0.25) is 0 Å². The van der Waals surface area contributed by atoms with Crippen LogP contribution in [0, 0.1) is 0 Å². The Balaban J connectivity index is 2.17. The third-order valence-corrected chi connectivity index (χ3v) is 2.71. The van der Waals surface area contributed by atoms with Crippen molar-refractivity contribution < 1.29 is 19.4 Å². The number of hydrogen-bond donors (Lipinski definition) is 2. The fourth-order valence-corrected chi connectivity index (χ4v) is 1.82. The minimum absolute atomic E-state index is 0.259. The number of ketones is 1. The zero-order valence-corrected chi connectivity index (χ0v) is 9.40. The molecule has 1 amide bonds. The number of hydrogen-bond acceptors (Lipinski definition) is 3. The fraction of sp³-hybridized carbons (Fsp3) is 0.333. The minimum Gasteiger partial charge on any atom is -0.493 e. The Bertz CT molecular complexity index is 470. The highest BCUT2D eigenvalue weighted by Crippen LogP contribution is 2.26. The average molecular weight is 235 g/mol. The van der Waals surface area contributed by atoms with Gasteiger partial charge in [0.05, 0.1) is 12.6 Å². The molecule has 17 heavy (non-hydrogen) atoms. The van der Waals surface area contributed by atoms with Crippen LogP contribution in [-0.4, -0.2) is 29.6 Å². The van der Waals surface area contributed by atoms with E-state index in [1.165, 1.54) is 6.92 Å². The Morgan fingerprint density at radius 2 is 2.24 bits per heavy atom. The van der Waals surface area contributed by atoms with Crippen LogP contribution in [0.15, 0.2) is 18.2 Å². The zero-order chi connectivity index (χ0) is 12.4. The van der Waals surface area contributed by atoms with Crippen LogP contribution in [-0.2, 0) is 6.42 Å². The lowest BCUT2D eigenvalue weighted by Crippen LogP contribution is -2.37. The minimum atomic E-state index is -1.21. The standard InChI is InChI=1S/C12H13NO4/c1-7(13-12(15)16)11(14)9-3-2-8-4-5-17-10(8)6-9/h2-3,6-7,13H,4-5H2,1H3,(H,15,16). The van der Waals surface area contributed by atoms with Crippen LogP contribution in [0.2, 0.25) is 0 Å². The maximum atomic E-state index is 11.9. The molecule has 2 rings (SSSR count). The Kier molecular flexibility index (Phi) is 2.99. The molecule has 1 aromatic carbocycles. The number of Topliss-reactive ketones (excluding diaryl/α,β-unsaturated/α-hetero) is 1. The SMILES string of the molecule is CC(NC(=O)O)C(=O)c1ccc2c(c1)OCC2. The molecule has 1 atom stereocenters. The summed E-state index contributed by atoms with van der Waals surface area (Å²) in [6.45, 7) is 2.15. The summed E-state index contributed by atoms with van der Waals surface area (Å²) in [6, 6.07) is 4.47. The molecule has 2 N–H and O–H groups in total. The van der Waals surface area contributed by atoms with Crippen LogP contribution in [0.1, 0.15) is 22.8 Å². The normalized spacial score (nSPS) is 14.6. The molecule has 90 valence electrons. The lowest BCUT2D eigenvalue weighted by atomic mass is 10.0. The van der Waals surface area contributed by atoms with Crippen molar-refractivity contribution in [3.8, 4) is 5.75 Å². The van der Waals surface area contributed by atoms with Gasteiger partial charge in [0.25, 0.3) is 0 Å². The van der Waals surface area contributed by atoms with E-state index in [0.717, 1.165) is 17.7 Å². The fourth-order valence-electron chi connectivity index (χ4n) is 1.82. The molecule has 1 heterocycles. The number of ether oxygens (including phenoxy) is 1. The molecule has 0 radical (unpaired) electrons. The molecule has 1 unspecified atom stereocenters. The van der Waals surface area contributed by atoms with E-state index in [1.54, 1.807) is 12.1 Å². The molecule has 1 aromatic rings. The van der Waals surface area contributed by atoms with Crippen molar-refractivity contribution in [3.05, 3.63) is 29.3 Å². The first-order valence-corrected chi connectivity index (χ1v) is 5.37. The summed E-state index contributed by atoms with van der Waals surface area (Å²) in [5.41, 5.74) is 1.55. The predicted octanol–water partition coefficient (Wildman–Crippen LogP) is 1.46. The Hall–Kier alpha value is -2.04. The van der Waals surface area contributed by atoms with Gasteiger partial charge >= 0.3 is 6.09 Å². The quantitative estimate of drug-likeness (QED) is 0.778. The number of carboxylic acid groups (broad SMARTS) is 1. The van der Waals surface area contributed by atoms with Crippen LogP contribution < -0.4 is 10.1 Å². The molecule has 0 aliphatic carbocycles. The highest BCUT2D eigenvalue weighted by Gasteiger charge is 2.20. The number of carbonyl (C=O) groups is 2. The Morgan fingerprint density at radius 3 is 2.94 bits per heavy atom. The summed E-state index contributed by atoms with van der Waals surface area (Å²) in [4.78, 5) is 22.3. The summed E-state index contributed by atoms with van der Waals surface area (Å²) in [7, 11) is 0. The molecule has 5 nitrogen and oxygen atoms in total. The van der Waals surface area contributed by atoms with E-state index >= 15 is 0 Å². The van der Waals surface area contributed by atoms with Gasteiger partial charge in [0.1, 0.15) is 5.75 Å². The Labute approximate surface area is 98.4 Å². The lowest BCUT2D eigenvalue weighted by molar-refractivity contribution is 0.0945. The molecule has 5 heteroatoms. The Morgan fingerprint density at radius 1 is 1.47 bits per heavy atom. The van der Waals surface area contributed by atoms with Gasteiger partial charge in [0, 0.05) is 12.0 Å². The summed E-state index contributed by atoms with van der Waals surface area (Å²) in [5, 5.41) is 10.7. The van der Waals surface area contributed by atoms with E-state index in [0.29, 0.717) is 12.2 Å². The van der Waals surface area contributed by atoms with Crippen molar-refractivity contribution in [3.63, 3.8) is 0 Å². The maximum Gasteiger partial charge on any atom is 0.405 e. The van der Waals surface area contributed by atoms with Crippen molar-refractivity contribution >= 4 is 11.9 Å². The van der Waals surface area contributed by atoms with Gasteiger partial charge < -0.3 is 15.2 Å². The number of nitrogens with one attached hydrogen (secondary N) is 1. The monoisotopic (exact) mass is 235 g/mol. The zero-order valence-electron chi connectivity index (χ0n) is 9.40. The first-order chi connectivity index (χ1) is 8.08. The number of benzene rings is 1. The molecule has 1 aliphatic heterocycles. The van der Waals surface area contributed by atoms with Crippen molar-refractivity contribution in [2.45, 2.75) is 19.4 Å². The van der Waals surface area contributed by atoms with E-state index in [9.17, 15) is 9.59 Å². The van der Waals surface area contributed by atoms with Crippen LogP contribution in [0.3, 0.4) is 0 Å². The maximum absolute atomic E-state index is 11.9. The van der Waals surface area contributed by atoms with Crippen LogP contribution in [0.4, 0.5) is 4.79 Å². The number of amides is 1. The number of fused-ring (bicyclic) bond motifs is 1. The van der Waals surface area contributed by atoms with E-state index in [2.05, 4.69) is 5.32 Å². The molecular formula is C12H13NO4. The first kappa shape index (κ1) is 11.4. The van der Waals surface area contributed by atoms with Crippen LogP contribution >= 0.6 is 0 Å². The second kappa shape index (κ2) is 4.45. The van der Waals surface area contributed by atoms with Gasteiger partial charge in [-0.15, -0.1) is 0 Å². The van der Waals surface area contributed by atoms with Crippen molar-refractivity contribution in [2.75, 3.05) is 6.61 Å². The summed E-state index contributed by atoms with van der Waals surface area (Å²) < 4.78 is 5.36. The van der Waals surface area contributed by atoms with Crippen LogP contribution in [0.25, 0.3) is 0 Å². The topological polar surface area (TPSA) is 75.6 Å². The van der Waals surface area contributed by atoms with Gasteiger partial charge in [-0.25, -0.2) is 4.79 Å². The molecule has 0 saturated carbocycles. The summed E-state index contributed by atoms with van der Waals surface area (Å²) in [6.07, 6.45) is -0.351. The van der Waals surface area contributed by atoms with Gasteiger partial charge in [-0.3, -0.25) is 4.79 Å². The third-order valence-electron chi connectivity index (χ3n) is 2.71. The van der Waals surface area contributed by atoms with Crippen LogP contribution in [0.5, 0.6) is 5.75 Å². The smallest absolute Gasteiger partial charge is 0.405 e. The summed E-state index contributed by atoms with van der Waals surface area (Å²) >= 11 is 0. The molecule has 1 aliphatic rings. The molecule has 0 aromatic heterocycles. The molecular weight excluding hydrogens is 222 g/mol. The van der Waals surface area contributed by atoms with E-state index in [4.69, 9.17) is 9.84 Å². The molecule has 0 fully saturated rings. The highest BCUT2D eigenvalue weighted by molar-refractivity contribution is 6.01. The van der Waals surface area contributed by atoms with Crippen molar-refractivity contribution in [2.24, 2.45) is 0 Å². The van der Waals surface area contributed by atoms with Gasteiger partial charge in [0.15, 0.2) is 5.78 Å². The van der Waals surface area contributed by atoms with E-state index < -0.39 is 12.1 Å². The van der Waals surface area contributed by atoms with Gasteiger partial charge in [-0.1, -0.05) is 12.1 Å². The number of rotatable bonds is 3. The second-order valence-electron chi connectivity index (χ2n) is 3.96. The van der Waals surface area contributed by atoms with Crippen molar-refractivity contribution in [1.29, 1.82) is 0 Å². The van der Waals surface area contributed by atoms with E-state index in [1.807, 2.05) is 6.07 Å². The second-order valence-corrected chi connectivity index (χ2v) is 3.96. The average Bonchev–Trinajstić information content (AvgIpc) is 2.73. The van der Waals surface area contributed by atoms with Crippen molar-refractivity contribution in [1.82, 2.24) is 5.32 Å². The van der Waals surface area contributed by atoms with Gasteiger partial charge in [-0.05, 0) is 18.6 Å². The lowest BCUT2D eigenvalue weighted by Gasteiger charge is -2.10. The molecule has 0 spiro atoms. The largest absolute Gasteiger partial charge is 0.493 e. The first-order valence-electron chi connectivity index (χ1n) is 5.37. The molecule has 0 saturated heterocycles. The molecule has 0 bridgehead atoms. The summed E-state index contributed by atoms with van der Waals surface area (Å²) in [5.74, 6) is 0.462. The van der Waals surface area contributed by atoms with Gasteiger partial charge in [-0.2, -0.15) is 0 Å². The highest BCUT2D eigenvalue weighted by atomic mass is 16.5. The number of carbonyl (C=O) groups excluding carboxylic acids is 1. The van der Waals surface area contributed by atoms with E-state index in [-0.39, 0.29) is 5.78 Å².